The number of fused-ring (bicyclic) bond motifs is 4. The molecule has 8 rings (SSSR count). The number of benzene rings is 2. The Morgan fingerprint density at radius 3 is 2.55 bits per heavy atom. The van der Waals surface area contributed by atoms with Gasteiger partial charge < -0.3 is 4.90 Å². The first-order valence-corrected chi connectivity index (χ1v) is 13.8. The summed E-state index contributed by atoms with van der Waals surface area (Å²) < 4.78 is 45.7. The fourth-order valence-electron chi connectivity index (χ4n) is 6.65. The normalized spacial score (nSPS) is 19.0. The summed E-state index contributed by atoms with van der Waals surface area (Å²) in [6, 6.07) is 16.3. The molecule has 0 radical (unpaired) electrons. The van der Waals surface area contributed by atoms with Crippen LogP contribution in [0, 0.1) is 0 Å². The van der Waals surface area contributed by atoms with E-state index in [1.165, 1.54) is 10.6 Å². The van der Waals surface area contributed by atoms with Crippen LogP contribution in [0.2, 0.25) is 0 Å². The van der Waals surface area contributed by atoms with E-state index in [4.69, 9.17) is 5.10 Å². The molecule has 210 valence electrons. The summed E-state index contributed by atoms with van der Waals surface area (Å²) >= 11 is 0. The van der Waals surface area contributed by atoms with Crippen molar-refractivity contribution in [2.75, 3.05) is 25.0 Å². The quantitative estimate of drug-likeness (QED) is 0.286. The van der Waals surface area contributed by atoms with Gasteiger partial charge in [0.2, 0.25) is 0 Å². The molecule has 2 aliphatic heterocycles. The van der Waals surface area contributed by atoms with Gasteiger partial charge in [0.15, 0.2) is 5.65 Å². The molecule has 0 aliphatic carbocycles. The van der Waals surface area contributed by atoms with E-state index in [9.17, 15) is 13.2 Å². The molecule has 2 atom stereocenters. The SMILES string of the molecule is CN1CC2CC1CN2c1ccc(-c2ccnc3c(-c4cccc5[nH]ncc45)c(-c4ccncc4)nn23)c(C(F)(F)F)c1. The molecule has 2 fully saturated rings. The Hall–Kier alpha value is -4.77. The summed E-state index contributed by atoms with van der Waals surface area (Å²) in [6.07, 6.45) is 3.02. The van der Waals surface area contributed by atoms with Crippen molar-refractivity contribution in [2.24, 2.45) is 0 Å². The highest BCUT2D eigenvalue weighted by Gasteiger charge is 2.42. The van der Waals surface area contributed by atoms with E-state index in [-0.39, 0.29) is 11.6 Å². The van der Waals surface area contributed by atoms with Gasteiger partial charge in [0.1, 0.15) is 5.69 Å². The number of halogens is 3. The summed E-state index contributed by atoms with van der Waals surface area (Å²) in [5.41, 5.74) is 4.45. The molecule has 0 spiro atoms. The van der Waals surface area contributed by atoms with Gasteiger partial charge in [-0.25, -0.2) is 9.50 Å². The van der Waals surface area contributed by atoms with Gasteiger partial charge in [0.05, 0.1) is 28.5 Å². The van der Waals surface area contributed by atoms with Gasteiger partial charge >= 0.3 is 6.18 Å². The van der Waals surface area contributed by atoms with Gasteiger partial charge in [-0.05, 0) is 55.4 Å². The molecule has 11 heteroatoms. The molecule has 4 aromatic heterocycles. The number of aromatic amines is 1. The first kappa shape index (κ1) is 25.0. The Morgan fingerprint density at radius 1 is 0.929 bits per heavy atom. The van der Waals surface area contributed by atoms with Crippen molar-refractivity contribution in [3.05, 3.63) is 84.9 Å². The van der Waals surface area contributed by atoms with Crippen molar-refractivity contribution >= 4 is 22.2 Å². The first-order valence-electron chi connectivity index (χ1n) is 13.8. The highest BCUT2D eigenvalue weighted by Crippen LogP contribution is 2.43. The highest BCUT2D eigenvalue weighted by molar-refractivity contribution is 6.03. The lowest BCUT2D eigenvalue weighted by Crippen LogP contribution is -2.44. The third-order valence-corrected chi connectivity index (χ3v) is 8.66. The van der Waals surface area contributed by atoms with Crippen LogP contribution in [0.3, 0.4) is 0 Å². The molecule has 6 aromatic rings. The first-order chi connectivity index (χ1) is 20.4. The Labute approximate surface area is 238 Å². The fraction of sp³-hybridized carbons (Fsp3) is 0.226. The largest absolute Gasteiger partial charge is 0.417 e. The molecule has 2 unspecified atom stereocenters. The van der Waals surface area contributed by atoms with Crippen molar-refractivity contribution in [2.45, 2.75) is 24.7 Å². The number of nitrogens with zero attached hydrogens (tertiary/aromatic N) is 7. The molecule has 2 aliphatic rings. The van der Waals surface area contributed by atoms with Crippen molar-refractivity contribution in [3.8, 4) is 33.6 Å². The van der Waals surface area contributed by atoms with Crippen LogP contribution in [-0.2, 0) is 6.18 Å². The van der Waals surface area contributed by atoms with E-state index < -0.39 is 11.7 Å². The summed E-state index contributed by atoms with van der Waals surface area (Å²) in [4.78, 5) is 13.2. The van der Waals surface area contributed by atoms with Gasteiger partial charge in [-0.3, -0.25) is 15.0 Å². The van der Waals surface area contributed by atoms with Gasteiger partial charge in [-0.1, -0.05) is 18.2 Å². The maximum Gasteiger partial charge on any atom is 0.417 e. The number of pyridine rings is 1. The van der Waals surface area contributed by atoms with Crippen LogP contribution in [0.15, 0.2) is 79.4 Å². The Bertz CT molecular complexity index is 1960. The molecule has 8 nitrogen and oxygen atoms in total. The van der Waals surface area contributed by atoms with Crippen LogP contribution in [0.5, 0.6) is 0 Å². The number of alkyl halides is 3. The zero-order chi connectivity index (χ0) is 28.6. The van der Waals surface area contributed by atoms with Crippen molar-refractivity contribution in [1.82, 2.24) is 34.7 Å². The number of hydrogen-bond donors (Lipinski definition) is 1. The van der Waals surface area contributed by atoms with Crippen molar-refractivity contribution in [3.63, 3.8) is 0 Å². The number of anilines is 1. The smallest absolute Gasteiger partial charge is 0.366 e. The van der Waals surface area contributed by atoms with Gasteiger partial charge in [-0.15, -0.1) is 0 Å². The van der Waals surface area contributed by atoms with E-state index in [0.29, 0.717) is 34.3 Å². The summed E-state index contributed by atoms with van der Waals surface area (Å²) in [5.74, 6) is 0. The molecule has 42 heavy (non-hydrogen) atoms. The number of nitrogens with one attached hydrogen (secondary N) is 1. The van der Waals surface area contributed by atoms with Crippen LogP contribution >= 0.6 is 0 Å². The van der Waals surface area contributed by atoms with Crippen LogP contribution in [0.1, 0.15) is 12.0 Å². The molecule has 1 N–H and O–H groups in total. The standard InChI is InChI=1S/C31H25F3N8/c1-40-16-21-13-20(40)17-41(21)19-5-6-23(25(14-19)31(32,33)34)27-9-12-36-30-28(22-3-2-4-26-24(22)15-37-38-26)29(39-42(27)30)18-7-10-35-11-8-18/h2-12,14-15,20-21H,13,16-17H2,1H3,(H,37,38). The number of likely N-dealkylation sites (N-methyl/N-ethyl adjacent to an activating group) is 1. The van der Waals surface area contributed by atoms with Crippen molar-refractivity contribution < 1.29 is 13.2 Å². The summed E-state index contributed by atoms with van der Waals surface area (Å²) in [6.45, 7) is 1.59. The Balaban J connectivity index is 1.35. The van der Waals surface area contributed by atoms with Crippen LogP contribution < -0.4 is 4.90 Å². The van der Waals surface area contributed by atoms with Gasteiger partial charge in [-0.2, -0.15) is 23.4 Å². The second-order valence-electron chi connectivity index (χ2n) is 11.0. The lowest BCUT2D eigenvalue weighted by molar-refractivity contribution is -0.137. The van der Waals surface area contributed by atoms with Crippen molar-refractivity contribution in [1.29, 1.82) is 0 Å². The predicted octanol–water partition coefficient (Wildman–Crippen LogP) is 5.91. The highest BCUT2D eigenvalue weighted by atomic mass is 19.4. The summed E-state index contributed by atoms with van der Waals surface area (Å²) in [5, 5.41) is 13.0. The molecule has 0 saturated carbocycles. The minimum absolute atomic E-state index is 0.0528. The molecule has 6 heterocycles. The topological polar surface area (TPSA) is 78.2 Å². The molecule has 2 aromatic carbocycles. The number of rotatable bonds is 4. The molecule has 2 bridgehead atoms. The fourth-order valence-corrected chi connectivity index (χ4v) is 6.65. The average molecular weight is 567 g/mol. The number of hydrogen-bond acceptors (Lipinski definition) is 6. The molecule has 0 amide bonds. The zero-order valence-electron chi connectivity index (χ0n) is 22.5. The lowest BCUT2D eigenvalue weighted by atomic mass is 9.98. The average Bonchev–Trinajstić information content (AvgIpc) is 3.79. The Kier molecular flexibility index (Phi) is 5.42. The monoisotopic (exact) mass is 566 g/mol. The van der Waals surface area contributed by atoms with Gasteiger partial charge in [0.25, 0.3) is 0 Å². The van der Waals surface area contributed by atoms with Crippen LogP contribution in [0.4, 0.5) is 18.9 Å². The van der Waals surface area contributed by atoms with E-state index in [1.54, 1.807) is 43.0 Å². The van der Waals surface area contributed by atoms with E-state index in [1.807, 2.05) is 30.3 Å². The predicted molar refractivity (Wildman–Crippen MR) is 154 cm³/mol. The minimum Gasteiger partial charge on any atom is -0.366 e. The molecule has 2 saturated heterocycles. The third-order valence-electron chi connectivity index (χ3n) is 8.66. The minimum atomic E-state index is -4.57. The third kappa shape index (κ3) is 3.80. The second-order valence-corrected chi connectivity index (χ2v) is 11.0. The number of H-pyrrole nitrogens is 1. The van der Waals surface area contributed by atoms with E-state index in [2.05, 4.69) is 37.0 Å². The molecular formula is C31H25F3N8. The van der Waals surface area contributed by atoms with E-state index in [0.717, 1.165) is 41.5 Å². The Morgan fingerprint density at radius 2 is 1.79 bits per heavy atom. The maximum absolute atomic E-state index is 14.7. The summed E-state index contributed by atoms with van der Waals surface area (Å²) in [7, 11) is 2.08. The number of aromatic nitrogens is 6. The number of piperazine rings is 1. The van der Waals surface area contributed by atoms with Crippen LogP contribution in [0.25, 0.3) is 50.2 Å². The van der Waals surface area contributed by atoms with E-state index >= 15 is 0 Å². The lowest BCUT2D eigenvalue weighted by Gasteiger charge is -2.34. The maximum atomic E-state index is 14.7. The number of likely N-dealkylation sites (tertiary alicyclic amines) is 1. The van der Waals surface area contributed by atoms with Crippen LogP contribution in [-0.4, -0.2) is 66.9 Å². The van der Waals surface area contributed by atoms with Gasteiger partial charge in [0, 0.05) is 66.0 Å². The zero-order valence-corrected chi connectivity index (χ0v) is 22.5. The molecular weight excluding hydrogens is 541 g/mol. The second kappa shape index (κ2) is 9.12.